The molecule has 2 aliphatic heterocycles. The second kappa shape index (κ2) is 10.4. The molecule has 0 bridgehead atoms. The highest BCUT2D eigenvalue weighted by Crippen LogP contribution is 2.41. The van der Waals surface area contributed by atoms with Crippen LogP contribution in [0.5, 0.6) is 11.5 Å². The lowest BCUT2D eigenvalue weighted by Crippen LogP contribution is -2.33. The molecule has 0 aliphatic carbocycles. The number of ether oxygens (including phenoxy) is 3. The van der Waals surface area contributed by atoms with Crippen molar-refractivity contribution in [3.63, 3.8) is 0 Å². The van der Waals surface area contributed by atoms with Crippen molar-refractivity contribution in [1.82, 2.24) is 9.80 Å². The van der Waals surface area contributed by atoms with E-state index in [-0.39, 0.29) is 35.4 Å². The summed E-state index contributed by atoms with van der Waals surface area (Å²) in [5, 5.41) is 0.169. The fourth-order valence-corrected chi connectivity index (χ4v) is 4.25. The first-order valence-corrected chi connectivity index (χ1v) is 12.2. The summed E-state index contributed by atoms with van der Waals surface area (Å²) in [7, 11) is 0.245. The van der Waals surface area contributed by atoms with Gasteiger partial charge in [0, 0.05) is 25.7 Å². The van der Waals surface area contributed by atoms with Crippen LogP contribution in [-0.4, -0.2) is 79.9 Å². The number of allylic oxidation sites excluding steroid dienone is 2. The average Bonchev–Trinajstić information content (AvgIpc) is 3.24. The first kappa shape index (κ1) is 25.5. The molecule has 0 radical (unpaired) electrons. The molecule has 2 aliphatic rings. The van der Waals surface area contributed by atoms with Crippen molar-refractivity contribution >= 4 is 45.0 Å². The van der Waals surface area contributed by atoms with E-state index in [1.165, 1.54) is 37.1 Å². The molecule has 34 heavy (non-hydrogen) atoms. The molecule has 2 heterocycles. The Morgan fingerprint density at radius 3 is 2.59 bits per heavy atom. The summed E-state index contributed by atoms with van der Waals surface area (Å²) in [4.78, 5) is 28.9. The van der Waals surface area contributed by atoms with E-state index in [0.29, 0.717) is 30.3 Å². The van der Waals surface area contributed by atoms with Crippen molar-refractivity contribution in [2.45, 2.75) is 12.8 Å². The molecule has 1 fully saturated rings. The van der Waals surface area contributed by atoms with Gasteiger partial charge in [-0.15, -0.1) is 0 Å². The lowest BCUT2D eigenvalue weighted by atomic mass is 10.2. The van der Waals surface area contributed by atoms with Crippen LogP contribution < -0.4 is 14.4 Å². The Morgan fingerprint density at radius 1 is 1.21 bits per heavy atom. The highest BCUT2D eigenvalue weighted by atomic mass is 32.2. The maximum Gasteiger partial charge on any atom is 0.325 e. The van der Waals surface area contributed by atoms with Gasteiger partial charge in [0.1, 0.15) is 18.0 Å². The van der Waals surface area contributed by atoms with Crippen molar-refractivity contribution in [1.29, 1.82) is 0 Å². The van der Waals surface area contributed by atoms with Crippen LogP contribution in [0.2, 0.25) is 0 Å². The minimum absolute atomic E-state index is 0.169. The third-order valence-corrected chi connectivity index (χ3v) is 6.50. The van der Waals surface area contributed by atoms with E-state index in [9.17, 15) is 18.0 Å². The minimum Gasteiger partial charge on any atom is -0.497 e. The van der Waals surface area contributed by atoms with Crippen LogP contribution in [0, 0.1) is 0 Å². The van der Waals surface area contributed by atoms with Crippen molar-refractivity contribution in [2.75, 3.05) is 45.0 Å². The van der Waals surface area contributed by atoms with E-state index in [4.69, 9.17) is 31.0 Å². The average molecular weight is 512 g/mol. The van der Waals surface area contributed by atoms with Crippen LogP contribution in [0.1, 0.15) is 12.8 Å². The normalized spacial score (nSPS) is 18.1. The van der Waals surface area contributed by atoms with Gasteiger partial charge < -0.3 is 24.0 Å². The summed E-state index contributed by atoms with van der Waals surface area (Å²) in [6.07, 6.45) is 3.78. The lowest BCUT2D eigenvalue weighted by molar-refractivity contribution is -0.140. The molecule has 0 atom stereocenters. The number of thiocarbonyl (C=S) groups is 1. The van der Waals surface area contributed by atoms with Crippen molar-refractivity contribution in [3.05, 3.63) is 41.9 Å². The van der Waals surface area contributed by atoms with Gasteiger partial charge in [0.2, 0.25) is 5.88 Å². The van der Waals surface area contributed by atoms with E-state index in [1.54, 1.807) is 24.3 Å². The Labute approximate surface area is 202 Å². The van der Waals surface area contributed by atoms with Crippen LogP contribution in [0.3, 0.4) is 0 Å². The predicted molar refractivity (Wildman–Crippen MR) is 127 cm³/mol. The van der Waals surface area contributed by atoms with Gasteiger partial charge >= 0.3 is 5.97 Å². The molecule has 1 saturated heterocycles. The monoisotopic (exact) mass is 511 g/mol. The summed E-state index contributed by atoms with van der Waals surface area (Å²) in [6.45, 7) is 0.167. The van der Waals surface area contributed by atoms with Gasteiger partial charge in [0.05, 0.1) is 25.7 Å². The fraction of sp³-hybridized carbons (Fsp3) is 0.381. The highest BCUT2D eigenvalue weighted by Gasteiger charge is 2.37. The van der Waals surface area contributed by atoms with Crippen LogP contribution in [0.4, 0.5) is 5.69 Å². The third-order valence-electron chi connectivity index (χ3n) is 5.20. The van der Waals surface area contributed by atoms with Gasteiger partial charge in [-0.3, -0.25) is 19.0 Å². The summed E-state index contributed by atoms with van der Waals surface area (Å²) in [5.41, 5.74) is 0.906. The molecule has 1 aromatic carbocycles. The standard InChI is InChI=1S/C21H25N3O8S2/c1-22-20(26)16(24(21(22)33)13-19(25)31-3)8-9-18-23(10-4-5-11-34(27,28)29)15-7-6-14(30-2)12-17(15)32-18/h6-9,12H,4-5,10-11,13H2,1-3H3,(H,27,28,29). The fourth-order valence-electron chi connectivity index (χ4n) is 3.44. The van der Waals surface area contributed by atoms with Gasteiger partial charge in [-0.25, -0.2) is 0 Å². The molecule has 13 heteroatoms. The predicted octanol–water partition coefficient (Wildman–Crippen LogP) is 1.52. The quantitative estimate of drug-likeness (QED) is 0.170. The minimum atomic E-state index is -4.05. The molecule has 1 N–H and O–H groups in total. The lowest BCUT2D eigenvalue weighted by Gasteiger charge is -2.18. The smallest absolute Gasteiger partial charge is 0.325 e. The molecule has 1 amide bonds. The van der Waals surface area contributed by atoms with E-state index in [2.05, 4.69) is 0 Å². The molecule has 0 unspecified atom stereocenters. The Kier molecular flexibility index (Phi) is 7.79. The number of anilines is 1. The number of benzene rings is 1. The van der Waals surface area contributed by atoms with E-state index in [1.807, 2.05) is 4.90 Å². The SMILES string of the molecule is COC(=O)CN1C(=S)N(C)C(=O)C1=CC=C1Oc2cc(OC)ccc2N1CCCCS(=O)(=O)O. The highest BCUT2D eigenvalue weighted by molar-refractivity contribution is 7.85. The number of hydrogen-bond donors (Lipinski definition) is 1. The second-order valence-electron chi connectivity index (χ2n) is 7.45. The molecular formula is C21H25N3O8S2. The van der Waals surface area contributed by atoms with Gasteiger partial charge in [0.15, 0.2) is 10.9 Å². The van der Waals surface area contributed by atoms with E-state index in [0.717, 1.165) is 5.69 Å². The number of fused-ring (bicyclic) bond motifs is 1. The second-order valence-corrected chi connectivity index (χ2v) is 9.38. The first-order valence-electron chi connectivity index (χ1n) is 10.2. The van der Waals surface area contributed by atoms with E-state index < -0.39 is 16.1 Å². The number of carbonyl (C=O) groups is 2. The maximum absolute atomic E-state index is 12.7. The number of nitrogens with zero attached hydrogens (tertiary/aromatic N) is 3. The van der Waals surface area contributed by atoms with Crippen molar-refractivity contribution in [2.24, 2.45) is 0 Å². The largest absolute Gasteiger partial charge is 0.497 e. The van der Waals surface area contributed by atoms with Crippen LogP contribution >= 0.6 is 12.2 Å². The van der Waals surface area contributed by atoms with Crippen LogP contribution in [0.25, 0.3) is 0 Å². The zero-order valence-corrected chi connectivity index (χ0v) is 20.5. The molecule has 0 aromatic heterocycles. The van der Waals surface area contributed by atoms with Crippen molar-refractivity contribution < 1.29 is 36.8 Å². The zero-order valence-electron chi connectivity index (χ0n) is 18.9. The number of unbranched alkanes of at least 4 members (excludes halogenated alkanes) is 1. The topological polar surface area (TPSA) is 126 Å². The summed E-state index contributed by atoms with van der Waals surface area (Å²) < 4.78 is 46.9. The van der Waals surface area contributed by atoms with E-state index >= 15 is 0 Å². The first-order chi connectivity index (χ1) is 16.1. The van der Waals surface area contributed by atoms with Gasteiger partial charge in [-0.2, -0.15) is 8.42 Å². The number of rotatable bonds is 9. The number of esters is 1. The summed E-state index contributed by atoms with van der Waals surface area (Å²) in [6, 6.07) is 5.28. The Balaban J connectivity index is 1.90. The Bertz CT molecular complexity index is 1160. The molecule has 0 spiro atoms. The molecule has 0 saturated carbocycles. The zero-order chi connectivity index (χ0) is 25.0. The van der Waals surface area contributed by atoms with Crippen molar-refractivity contribution in [3.8, 4) is 11.5 Å². The summed E-state index contributed by atoms with van der Waals surface area (Å²) in [5.74, 6) is 0.209. The van der Waals surface area contributed by atoms with Gasteiger partial charge in [0.25, 0.3) is 16.0 Å². The molecule has 184 valence electrons. The summed E-state index contributed by atoms with van der Waals surface area (Å²) >= 11 is 5.28. The Morgan fingerprint density at radius 2 is 1.94 bits per heavy atom. The van der Waals surface area contributed by atoms with Gasteiger partial charge in [-0.05, 0) is 43.3 Å². The number of amides is 1. The number of carbonyl (C=O) groups excluding carboxylic acids is 2. The Hall–Kier alpha value is -3.16. The molecule has 3 rings (SSSR count). The number of hydrogen-bond acceptors (Lipinski definition) is 9. The molecular weight excluding hydrogens is 486 g/mol. The number of likely N-dealkylation sites (N-methyl/N-ethyl adjacent to an activating group) is 1. The third kappa shape index (κ3) is 5.66. The van der Waals surface area contributed by atoms with Crippen LogP contribution in [-0.2, 0) is 24.4 Å². The molecule has 11 nitrogen and oxygen atoms in total. The molecule has 1 aromatic rings. The van der Waals surface area contributed by atoms with Crippen LogP contribution in [0.15, 0.2) is 41.9 Å². The number of methoxy groups -OCH3 is 2. The van der Waals surface area contributed by atoms with Gasteiger partial charge in [-0.1, -0.05) is 0 Å². The maximum atomic E-state index is 12.7.